The zero-order valence-corrected chi connectivity index (χ0v) is 15.1. The lowest BCUT2D eigenvalue weighted by atomic mass is 10.0. The number of hydrogen-bond donors (Lipinski definition) is 0. The summed E-state index contributed by atoms with van der Waals surface area (Å²) in [6.07, 6.45) is 1.85. The number of aromatic nitrogens is 3. The van der Waals surface area contributed by atoms with Gasteiger partial charge in [0.05, 0.1) is 11.3 Å². The van der Waals surface area contributed by atoms with E-state index in [2.05, 4.69) is 5.10 Å². The Balaban J connectivity index is 1.58. The molecule has 2 aromatic heterocycles. The number of benzene rings is 2. The zero-order chi connectivity index (χ0) is 18.8. The molecule has 27 heavy (non-hydrogen) atoms. The van der Waals surface area contributed by atoms with Crippen LogP contribution in [0.5, 0.6) is 5.88 Å². The molecule has 4 rings (SSSR count). The number of hydrogen-bond acceptors (Lipinski definition) is 4. The Kier molecular flexibility index (Phi) is 4.38. The lowest BCUT2D eigenvalue weighted by Gasteiger charge is -2.08. The van der Waals surface area contributed by atoms with Gasteiger partial charge in [-0.2, -0.15) is 4.74 Å². The molecule has 0 bridgehead atoms. The van der Waals surface area contributed by atoms with Crippen molar-refractivity contribution in [3.8, 4) is 22.7 Å². The minimum atomic E-state index is -0.159. The second kappa shape index (κ2) is 6.99. The summed E-state index contributed by atoms with van der Waals surface area (Å²) in [5, 5.41) is 4.45. The summed E-state index contributed by atoms with van der Waals surface area (Å²) in [6.45, 7) is 2.09. The van der Waals surface area contributed by atoms with Crippen molar-refractivity contribution in [1.82, 2.24) is 14.5 Å². The fourth-order valence-corrected chi connectivity index (χ4v) is 3.06. The Morgan fingerprint density at radius 1 is 1.04 bits per heavy atom. The summed E-state index contributed by atoms with van der Waals surface area (Å²) >= 11 is 0. The molecule has 0 aliphatic heterocycles. The minimum absolute atomic E-state index is 0.159. The Bertz CT molecular complexity index is 1120. The summed E-state index contributed by atoms with van der Waals surface area (Å²) in [7, 11) is 1.61. The summed E-state index contributed by atoms with van der Waals surface area (Å²) in [6, 6.07) is 19.3. The van der Waals surface area contributed by atoms with E-state index in [0.717, 1.165) is 16.8 Å². The predicted octanol–water partition coefficient (Wildman–Crippen LogP) is 3.72. The van der Waals surface area contributed by atoms with Crippen LogP contribution < -0.4 is 10.3 Å². The Morgan fingerprint density at radius 3 is 2.52 bits per heavy atom. The first-order chi connectivity index (χ1) is 13.1. The highest BCUT2D eigenvalue weighted by atomic mass is 16.5. The van der Waals surface area contributed by atoms with E-state index in [1.807, 2.05) is 66.9 Å². The van der Waals surface area contributed by atoms with Crippen LogP contribution >= 0.6 is 0 Å². The molecule has 0 saturated carbocycles. The summed E-state index contributed by atoms with van der Waals surface area (Å²) in [5.41, 5.74) is 3.07. The van der Waals surface area contributed by atoms with Gasteiger partial charge in [0.2, 0.25) is 5.88 Å². The second-order valence-electron chi connectivity index (χ2n) is 6.21. The van der Waals surface area contributed by atoms with Gasteiger partial charge in [-0.1, -0.05) is 42.5 Å². The molecule has 0 radical (unpaired) electrons. The van der Waals surface area contributed by atoms with Gasteiger partial charge in [0, 0.05) is 19.3 Å². The lowest BCUT2D eigenvalue weighted by Crippen LogP contribution is -2.12. The van der Waals surface area contributed by atoms with Crippen molar-refractivity contribution in [3.05, 3.63) is 88.5 Å². The van der Waals surface area contributed by atoms with Gasteiger partial charge in [0.1, 0.15) is 12.4 Å². The molecule has 6 nitrogen and oxygen atoms in total. The molecule has 0 saturated heterocycles. The van der Waals surface area contributed by atoms with E-state index in [1.165, 1.54) is 4.74 Å². The van der Waals surface area contributed by atoms with Crippen LogP contribution in [0.2, 0.25) is 0 Å². The van der Waals surface area contributed by atoms with E-state index < -0.39 is 0 Å². The SMILES string of the molecule is Cc1on(C)c(=O)c1-c1ccccc1COc1ccn(-c2ccccc2)n1. The number of rotatable bonds is 5. The standard InChI is InChI=1S/C21H19N3O3/c1-15-20(21(25)23(2)27-15)18-11-7-6-8-16(18)14-26-19-12-13-24(22-19)17-9-4-3-5-10-17/h3-13H,14H2,1-2H3. The molecular weight excluding hydrogens is 342 g/mol. The summed E-state index contributed by atoms with van der Waals surface area (Å²) in [4.78, 5) is 12.4. The van der Waals surface area contributed by atoms with E-state index in [9.17, 15) is 4.79 Å². The van der Waals surface area contributed by atoms with Crippen LogP contribution in [0.3, 0.4) is 0 Å². The van der Waals surface area contributed by atoms with Crippen LogP contribution in [-0.2, 0) is 13.7 Å². The van der Waals surface area contributed by atoms with Gasteiger partial charge in [-0.15, -0.1) is 5.10 Å². The molecule has 6 heteroatoms. The molecule has 0 spiro atoms. The van der Waals surface area contributed by atoms with Crippen molar-refractivity contribution in [2.24, 2.45) is 7.05 Å². The van der Waals surface area contributed by atoms with Crippen molar-refractivity contribution >= 4 is 0 Å². The maximum Gasteiger partial charge on any atom is 0.290 e. The summed E-state index contributed by atoms with van der Waals surface area (Å²) in [5.74, 6) is 1.11. The van der Waals surface area contributed by atoms with Gasteiger partial charge >= 0.3 is 0 Å². The minimum Gasteiger partial charge on any atom is -0.472 e. The zero-order valence-electron chi connectivity index (χ0n) is 15.1. The highest BCUT2D eigenvalue weighted by Gasteiger charge is 2.17. The van der Waals surface area contributed by atoms with Crippen LogP contribution in [0, 0.1) is 6.92 Å². The fraction of sp³-hybridized carbons (Fsp3) is 0.143. The Hall–Kier alpha value is -3.54. The average molecular weight is 361 g/mol. The highest BCUT2D eigenvalue weighted by molar-refractivity contribution is 5.68. The third-order valence-corrected chi connectivity index (χ3v) is 4.37. The number of nitrogens with zero attached hydrogens (tertiary/aromatic N) is 3. The molecule has 0 atom stereocenters. The lowest BCUT2D eigenvalue weighted by molar-refractivity contribution is 0.283. The normalized spacial score (nSPS) is 10.9. The third kappa shape index (κ3) is 3.29. The van der Waals surface area contributed by atoms with Gasteiger partial charge in [-0.25, -0.2) is 4.68 Å². The van der Waals surface area contributed by atoms with E-state index in [4.69, 9.17) is 9.26 Å². The second-order valence-corrected chi connectivity index (χ2v) is 6.21. The highest BCUT2D eigenvalue weighted by Crippen LogP contribution is 2.25. The largest absolute Gasteiger partial charge is 0.472 e. The third-order valence-electron chi connectivity index (χ3n) is 4.37. The summed E-state index contributed by atoms with van der Waals surface area (Å²) < 4.78 is 14.3. The molecule has 0 aliphatic rings. The van der Waals surface area contributed by atoms with Crippen molar-refractivity contribution in [3.63, 3.8) is 0 Å². The maximum absolute atomic E-state index is 12.4. The van der Waals surface area contributed by atoms with Crippen LogP contribution in [-0.4, -0.2) is 14.5 Å². The van der Waals surface area contributed by atoms with Gasteiger partial charge in [0.25, 0.3) is 5.56 Å². The molecule has 4 aromatic rings. The first kappa shape index (κ1) is 16.9. The van der Waals surface area contributed by atoms with Gasteiger partial charge in [-0.3, -0.25) is 4.79 Å². The molecule has 136 valence electrons. The Labute approximate surface area is 156 Å². The molecule has 0 aliphatic carbocycles. The van der Waals surface area contributed by atoms with Gasteiger partial charge in [0.15, 0.2) is 0 Å². The average Bonchev–Trinajstić information content (AvgIpc) is 3.26. The number of aryl methyl sites for hydroxylation is 2. The van der Waals surface area contributed by atoms with Crippen LogP contribution in [0.1, 0.15) is 11.3 Å². The molecule has 2 aromatic carbocycles. The van der Waals surface area contributed by atoms with Crippen molar-refractivity contribution in [2.75, 3.05) is 0 Å². The first-order valence-electron chi connectivity index (χ1n) is 8.62. The Morgan fingerprint density at radius 2 is 1.78 bits per heavy atom. The van der Waals surface area contributed by atoms with Crippen molar-refractivity contribution in [2.45, 2.75) is 13.5 Å². The topological polar surface area (TPSA) is 62.2 Å². The molecule has 0 amide bonds. The molecule has 0 unspecified atom stereocenters. The quantitative estimate of drug-likeness (QED) is 0.543. The van der Waals surface area contributed by atoms with Crippen LogP contribution in [0.4, 0.5) is 0 Å². The van der Waals surface area contributed by atoms with Crippen LogP contribution in [0.15, 0.2) is 76.2 Å². The van der Waals surface area contributed by atoms with E-state index in [-0.39, 0.29) is 5.56 Å². The van der Waals surface area contributed by atoms with Gasteiger partial charge in [-0.05, 0) is 30.2 Å². The maximum atomic E-state index is 12.4. The molecule has 0 fully saturated rings. The monoisotopic (exact) mass is 361 g/mol. The predicted molar refractivity (Wildman–Crippen MR) is 102 cm³/mol. The van der Waals surface area contributed by atoms with Gasteiger partial charge < -0.3 is 9.26 Å². The van der Waals surface area contributed by atoms with E-state index >= 15 is 0 Å². The van der Waals surface area contributed by atoms with Crippen LogP contribution in [0.25, 0.3) is 16.8 Å². The van der Waals surface area contributed by atoms with E-state index in [1.54, 1.807) is 18.7 Å². The van der Waals surface area contributed by atoms with Crippen molar-refractivity contribution in [1.29, 1.82) is 0 Å². The fourth-order valence-electron chi connectivity index (χ4n) is 3.06. The molecule has 2 heterocycles. The smallest absolute Gasteiger partial charge is 0.290 e. The molecular formula is C21H19N3O3. The first-order valence-corrected chi connectivity index (χ1v) is 8.62. The number of ether oxygens (including phenoxy) is 1. The molecule has 0 N–H and O–H groups in total. The van der Waals surface area contributed by atoms with E-state index in [0.29, 0.717) is 23.8 Å². The number of para-hydroxylation sites is 1. The van der Waals surface area contributed by atoms with Crippen molar-refractivity contribution < 1.29 is 9.26 Å².